The third-order valence-corrected chi connectivity index (χ3v) is 5.95. The predicted molar refractivity (Wildman–Crippen MR) is 84.9 cm³/mol. The van der Waals surface area contributed by atoms with Crippen LogP contribution < -0.4 is 9.44 Å². The van der Waals surface area contributed by atoms with Crippen LogP contribution in [0.5, 0.6) is 0 Å². The summed E-state index contributed by atoms with van der Waals surface area (Å²) in [6, 6.07) is 8.15. The minimum atomic E-state index is -4.16. The van der Waals surface area contributed by atoms with E-state index in [1.54, 1.807) is 0 Å². The van der Waals surface area contributed by atoms with Crippen molar-refractivity contribution in [1.82, 2.24) is 4.72 Å². The van der Waals surface area contributed by atoms with Crippen molar-refractivity contribution in [2.45, 2.75) is 9.79 Å². The molecular weight excluding hydrogens is 367 g/mol. The Morgan fingerprint density at radius 1 is 0.957 bits per heavy atom. The smallest absolute Gasteiger partial charge is 0.264 e. The molecule has 0 aromatic heterocycles. The van der Waals surface area contributed by atoms with Crippen LogP contribution in [0.3, 0.4) is 0 Å². The number of halogens is 2. The van der Waals surface area contributed by atoms with E-state index in [9.17, 15) is 21.2 Å². The Morgan fingerprint density at radius 2 is 1.57 bits per heavy atom. The maximum atomic E-state index is 13.7. The first-order valence-electron chi connectivity index (χ1n) is 6.17. The lowest BCUT2D eigenvalue weighted by Crippen LogP contribution is -2.18. The van der Waals surface area contributed by atoms with Gasteiger partial charge < -0.3 is 0 Å². The number of rotatable bonds is 5. The lowest BCUT2D eigenvalue weighted by molar-refractivity contribution is 0.570. The van der Waals surface area contributed by atoms with Gasteiger partial charge in [0, 0.05) is 10.7 Å². The highest BCUT2D eigenvalue weighted by atomic mass is 35.5. The van der Waals surface area contributed by atoms with Crippen molar-refractivity contribution in [2.24, 2.45) is 0 Å². The van der Waals surface area contributed by atoms with Crippen molar-refractivity contribution in [3.05, 3.63) is 53.3 Å². The van der Waals surface area contributed by atoms with Gasteiger partial charge >= 0.3 is 0 Å². The summed E-state index contributed by atoms with van der Waals surface area (Å²) >= 11 is 5.58. The monoisotopic (exact) mass is 378 g/mol. The van der Waals surface area contributed by atoms with E-state index < -0.39 is 30.8 Å². The molecule has 0 heterocycles. The first-order chi connectivity index (χ1) is 10.7. The fourth-order valence-electron chi connectivity index (χ4n) is 1.72. The standard InChI is InChI=1S/C13H12ClFN2O4S2/c1-16-22(18,19)11-5-3-10(4-6-11)17-23(20,21)13-7-2-9(14)8-12(13)15/h2-8,16-17H,1H3. The second kappa shape index (κ2) is 6.44. The van der Waals surface area contributed by atoms with Crippen LogP contribution >= 0.6 is 11.6 Å². The molecule has 0 atom stereocenters. The molecule has 0 spiro atoms. The van der Waals surface area contributed by atoms with Crippen molar-refractivity contribution in [2.75, 3.05) is 11.8 Å². The number of anilines is 1. The average Bonchev–Trinajstić information content (AvgIpc) is 2.47. The lowest BCUT2D eigenvalue weighted by Gasteiger charge is -2.10. The second-order valence-corrected chi connectivity index (χ2v) is 8.39. The summed E-state index contributed by atoms with van der Waals surface area (Å²) in [6.45, 7) is 0. The van der Waals surface area contributed by atoms with E-state index in [2.05, 4.69) is 9.44 Å². The Bertz CT molecular complexity index is 929. The van der Waals surface area contributed by atoms with E-state index in [0.29, 0.717) is 0 Å². The van der Waals surface area contributed by atoms with Crippen LogP contribution in [0.15, 0.2) is 52.3 Å². The number of hydrogen-bond donors (Lipinski definition) is 2. The SMILES string of the molecule is CNS(=O)(=O)c1ccc(NS(=O)(=O)c2ccc(Cl)cc2F)cc1. The van der Waals surface area contributed by atoms with Gasteiger partial charge in [-0.3, -0.25) is 4.72 Å². The topological polar surface area (TPSA) is 92.3 Å². The molecule has 23 heavy (non-hydrogen) atoms. The summed E-state index contributed by atoms with van der Waals surface area (Å²) in [6.07, 6.45) is 0. The first-order valence-corrected chi connectivity index (χ1v) is 9.51. The lowest BCUT2D eigenvalue weighted by atomic mass is 10.3. The van der Waals surface area contributed by atoms with E-state index in [4.69, 9.17) is 11.6 Å². The number of benzene rings is 2. The molecule has 0 fully saturated rings. The van der Waals surface area contributed by atoms with Crippen LogP contribution in [0.1, 0.15) is 0 Å². The molecule has 2 rings (SSSR count). The van der Waals surface area contributed by atoms with E-state index in [0.717, 1.165) is 12.1 Å². The molecule has 0 aliphatic heterocycles. The highest BCUT2D eigenvalue weighted by Crippen LogP contribution is 2.22. The molecule has 0 aliphatic carbocycles. The summed E-state index contributed by atoms with van der Waals surface area (Å²) in [5.41, 5.74) is 0.0920. The highest BCUT2D eigenvalue weighted by molar-refractivity contribution is 7.92. The normalized spacial score (nSPS) is 12.1. The molecule has 0 saturated carbocycles. The van der Waals surface area contributed by atoms with Gasteiger partial charge in [-0.2, -0.15) is 0 Å². The molecule has 2 aromatic rings. The molecule has 0 unspecified atom stereocenters. The number of hydrogen-bond acceptors (Lipinski definition) is 4. The zero-order chi connectivity index (χ0) is 17.3. The van der Waals surface area contributed by atoms with E-state index in [-0.39, 0.29) is 15.6 Å². The largest absolute Gasteiger partial charge is 0.280 e. The Morgan fingerprint density at radius 3 is 2.09 bits per heavy atom. The Kier molecular flexibility index (Phi) is 4.95. The zero-order valence-electron chi connectivity index (χ0n) is 11.7. The number of nitrogens with one attached hydrogen (secondary N) is 2. The Balaban J connectivity index is 2.31. The molecule has 2 N–H and O–H groups in total. The van der Waals surface area contributed by atoms with Gasteiger partial charge in [-0.05, 0) is 49.5 Å². The van der Waals surface area contributed by atoms with Crippen LogP contribution in [0.2, 0.25) is 5.02 Å². The molecule has 124 valence electrons. The summed E-state index contributed by atoms with van der Waals surface area (Å²) < 4.78 is 65.5. The third-order valence-electron chi connectivity index (χ3n) is 2.87. The van der Waals surface area contributed by atoms with Crippen molar-refractivity contribution < 1.29 is 21.2 Å². The van der Waals surface area contributed by atoms with Crippen molar-refractivity contribution in [1.29, 1.82) is 0 Å². The van der Waals surface area contributed by atoms with Gasteiger partial charge in [-0.15, -0.1) is 0 Å². The van der Waals surface area contributed by atoms with E-state index >= 15 is 0 Å². The van der Waals surface area contributed by atoms with Crippen LogP contribution in [0.4, 0.5) is 10.1 Å². The summed E-state index contributed by atoms with van der Waals surface area (Å²) in [5.74, 6) is -0.987. The van der Waals surface area contributed by atoms with Gasteiger partial charge in [0.25, 0.3) is 10.0 Å². The molecule has 0 saturated heterocycles. The number of sulfonamides is 2. The quantitative estimate of drug-likeness (QED) is 0.834. The fraction of sp³-hybridized carbons (Fsp3) is 0.0769. The molecule has 6 nitrogen and oxygen atoms in total. The molecule has 2 aromatic carbocycles. The van der Waals surface area contributed by atoms with Gasteiger partial charge in [-0.1, -0.05) is 11.6 Å². The summed E-state index contributed by atoms with van der Waals surface area (Å²) in [4.78, 5) is -0.588. The second-order valence-electron chi connectivity index (χ2n) is 4.41. The maximum absolute atomic E-state index is 13.7. The van der Waals surface area contributed by atoms with Gasteiger partial charge in [0.05, 0.1) is 4.90 Å². The van der Waals surface area contributed by atoms with Crippen molar-refractivity contribution >= 4 is 37.3 Å². The third kappa shape index (κ3) is 3.99. The van der Waals surface area contributed by atoms with Gasteiger partial charge in [0.15, 0.2) is 0 Å². The van der Waals surface area contributed by atoms with Gasteiger partial charge in [0.2, 0.25) is 10.0 Å². The molecule has 0 aliphatic rings. The molecule has 0 bridgehead atoms. The van der Waals surface area contributed by atoms with E-state index in [1.165, 1.54) is 37.4 Å². The summed E-state index contributed by atoms with van der Waals surface area (Å²) in [5, 5.41) is 0.0723. The van der Waals surface area contributed by atoms with Crippen molar-refractivity contribution in [3.8, 4) is 0 Å². The highest BCUT2D eigenvalue weighted by Gasteiger charge is 2.20. The van der Waals surface area contributed by atoms with Crippen LogP contribution in [0, 0.1) is 5.82 Å². The van der Waals surface area contributed by atoms with E-state index in [1.807, 2.05) is 0 Å². The molecular formula is C13H12ClFN2O4S2. The van der Waals surface area contributed by atoms with Gasteiger partial charge in [0.1, 0.15) is 10.7 Å². The minimum Gasteiger partial charge on any atom is -0.280 e. The molecule has 0 radical (unpaired) electrons. The van der Waals surface area contributed by atoms with Crippen LogP contribution in [0.25, 0.3) is 0 Å². The molecule has 0 amide bonds. The van der Waals surface area contributed by atoms with Crippen LogP contribution in [-0.2, 0) is 20.0 Å². The maximum Gasteiger partial charge on any atom is 0.264 e. The average molecular weight is 379 g/mol. The Labute approximate surface area is 138 Å². The molecule has 10 heteroatoms. The van der Waals surface area contributed by atoms with Gasteiger partial charge in [-0.25, -0.2) is 25.9 Å². The van der Waals surface area contributed by atoms with Crippen molar-refractivity contribution in [3.63, 3.8) is 0 Å². The zero-order valence-corrected chi connectivity index (χ0v) is 14.1. The summed E-state index contributed by atoms with van der Waals surface area (Å²) in [7, 11) is -6.53. The Hall–Kier alpha value is -1.68. The predicted octanol–water partition coefficient (Wildman–Crippen LogP) is 2.19. The fourth-order valence-corrected chi connectivity index (χ4v) is 3.73. The van der Waals surface area contributed by atoms with Crippen LogP contribution in [-0.4, -0.2) is 23.9 Å². The minimum absolute atomic E-state index is 0.0272. The first kappa shape index (κ1) is 17.7.